The van der Waals surface area contributed by atoms with Crippen LogP contribution in [0.2, 0.25) is 0 Å². The van der Waals surface area contributed by atoms with Crippen LogP contribution < -0.4 is 5.32 Å². The van der Waals surface area contributed by atoms with E-state index in [0.717, 1.165) is 0 Å². The number of amides is 1. The second kappa shape index (κ2) is 5.44. The maximum atomic E-state index is 12.5. The van der Waals surface area contributed by atoms with Gasteiger partial charge < -0.3 is 4.74 Å². The lowest BCUT2D eigenvalue weighted by molar-refractivity contribution is 0.168. The molecule has 0 saturated carbocycles. The number of halogens is 2. The molecule has 3 nitrogen and oxygen atoms in total. The zero-order chi connectivity index (χ0) is 10.4. The third-order valence-corrected chi connectivity index (χ3v) is 1.56. The molecule has 76 valence electrons. The van der Waals surface area contributed by atoms with E-state index in [2.05, 4.69) is 10.1 Å². The van der Waals surface area contributed by atoms with Crippen molar-refractivity contribution in [3.63, 3.8) is 0 Å². The number of carbonyl (C=O) groups is 1. The van der Waals surface area contributed by atoms with Gasteiger partial charge in [0.1, 0.15) is 12.4 Å². The fourth-order valence-corrected chi connectivity index (χ4v) is 0.896. The summed E-state index contributed by atoms with van der Waals surface area (Å²) in [5.74, 6) is -0.110. The van der Waals surface area contributed by atoms with Gasteiger partial charge in [-0.3, -0.25) is 5.32 Å². The molecule has 1 aromatic carbocycles. The molecule has 0 spiro atoms. The minimum atomic E-state index is -0.600. The first-order valence-corrected chi connectivity index (χ1v) is 4.51. The Morgan fingerprint density at radius 2 is 2.07 bits per heavy atom. The van der Waals surface area contributed by atoms with Crippen LogP contribution in [0, 0.1) is 5.82 Å². The van der Waals surface area contributed by atoms with Gasteiger partial charge >= 0.3 is 6.09 Å². The molecular formula is C9H9ClFNO2. The molecule has 0 bridgehead atoms. The van der Waals surface area contributed by atoms with Crippen molar-refractivity contribution in [1.29, 1.82) is 0 Å². The Morgan fingerprint density at radius 3 is 2.64 bits per heavy atom. The summed E-state index contributed by atoms with van der Waals surface area (Å²) < 4.78 is 17.1. The Balaban J connectivity index is 2.44. The third-order valence-electron chi connectivity index (χ3n) is 1.40. The number of benzene rings is 1. The van der Waals surface area contributed by atoms with Crippen LogP contribution in [0.3, 0.4) is 0 Å². The highest BCUT2D eigenvalue weighted by Crippen LogP contribution is 2.08. The lowest BCUT2D eigenvalue weighted by Gasteiger charge is -2.04. The van der Waals surface area contributed by atoms with Crippen LogP contribution in [-0.4, -0.2) is 18.6 Å². The minimum Gasteiger partial charge on any atom is -0.448 e. The molecule has 0 aliphatic rings. The first-order chi connectivity index (χ1) is 6.72. The number of hydrogen-bond donors (Lipinski definition) is 1. The summed E-state index contributed by atoms with van der Waals surface area (Å²) in [6.45, 7) is 0.147. The molecule has 1 aromatic rings. The molecule has 1 amide bonds. The summed E-state index contributed by atoms with van der Waals surface area (Å²) in [5, 5.41) is 2.42. The third kappa shape index (κ3) is 3.62. The van der Waals surface area contributed by atoms with Crippen LogP contribution in [0.4, 0.5) is 14.9 Å². The van der Waals surface area contributed by atoms with Crippen molar-refractivity contribution in [1.82, 2.24) is 0 Å². The van der Waals surface area contributed by atoms with Gasteiger partial charge in [0.25, 0.3) is 0 Å². The van der Waals surface area contributed by atoms with Crippen molar-refractivity contribution in [2.75, 3.05) is 17.8 Å². The van der Waals surface area contributed by atoms with Gasteiger partial charge in [-0.2, -0.15) is 0 Å². The van der Waals surface area contributed by atoms with E-state index in [1.165, 1.54) is 24.3 Å². The predicted molar refractivity (Wildman–Crippen MR) is 52.1 cm³/mol. The molecule has 0 heterocycles. The number of rotatable bonds is 3. The zero-order valence-corrected chi connectivity index (χ0v) is 8.05. The smallest absolute Gasteiger partial charge is 0.411 e. The fourth-order valence-electron chi connectivity index (χ4n) is 0.818. The van der Waals surface area contributed by atoms with E-state index in [4.69, 9.17) is 11.6 Å². The number of anilines is 1. The van der Waals surface area contributed by atoms with Crippen molar-refractivity contribution < 1.29 is 13.9 Å². The van der Waals surface area contributed by atoms with Gasteiger partial charge in [0.15, 0.2) is 0 Å². The molecule has 0 saturated heterocycles. The summed E-state index contributed by atoms with van der Waals surface area (Å²) in [7, 11) is 0. The second-order valence-electron chi connectivity index (χ2n) is 2.46. The van der Waals surface area contributed by atoms with E-state index in [0.29, 0.717) is 5.69 Å². The number of alkyl halides is 1. The first kappa shape index (κ1) is 10.8. The first-order valence-electron chi connectivity index (χ1n) is 3.97. The fraction of sp³-hybridized carbons (Fsp3) is 0.222. The van der Waals surface area contributed by atoms with Crippen molar-refractivity contribution in [3.8, 4) is 0 Å². The predicted octanol–water partition coefficient (Wildman–Crippen LogP) is 2.61. The van der Waals surface area contributed by atoms with Crippen LogP contribution in [-0.2, 0) is 4.74 Å². The average Bonchev–Trinajstić information content (AvgIpc) is 2.18. The highest BCUT2D eigenvalue weighted by Gasteiger charge is 2.01. The maximum Gasteiger partial charge on any atom is 0.411 e. The standard InChI is InChI=1S/C9H9ClFNO2/c10-5-6-14-9(13)12-8-3-1-7(11)2-4-8/h1-4H,5-6H2,(H,12,13). The number of nitrogens with one attached hydrogen (secondary N) is 1. The average molecular weight is 218 g/mol. The highest BCUT2D eigenvalue weighted by atomic mass is 35.5. The van der Waals surface area contributed by atoms with Crippen LogP contribution >= 0.6 is 11.6 Å². The molecule has 0 aliphatic carbocycles. The van der Waals surface area contributed by atoms with E-state index >= 15 is 0 Å². The Hall–Kier alpha value is -1.29. The van der Waals surface area contributed by atoms with E-state index in [9.17, 15) is 9.18 Å². The van der Waals surface area contributed by atoms with Crippen molar-refractivity contribution >= 4 is 23.4 Å². The van der Waals surface area contributed by atoms with Gasteiger partial charge in [-0.1, -0.05) is 0 Å². The summed E-state index contributed by atoms with van der Waals surface area (Å²) in [6, 6.07) is 5.38. The van der Waals surface area contributed by atoms with E-state index in [1.54, 1.807) is 0 Å². The van der Waals surface area contributed by atoms with Crippen molar-refractivity contribution in [2.24, 2.45) is 0 Å². The Morgan fingerprint density at radius 1 is 1.43 bits per heavy atom. The number of carbonyl (C=O) groups excluding carboxylic acids is 1. The van der Waals surface area contributed by atoms with Crippen LogP contribution in [0.15, 0.2) is 24.3 Å². The summed E-state index contributed by atoms with van der Waals surface area (Å²) >= 11 is 5.31. The van der Waals surface area contributed by atoms with Gasteiger partial charge in [-0.15, -0.1) is 11.6 Å². The molecule has 0 aliphatic heterocycles. The number of hydrogen-bond acceptors (Lipinski definition) is 2. The topological polar surface area (TPSA) is 38.3 Å². The lowest BCUT2D eigenvalue weighted by Crippen LogP contribution is -2.14. The molecule has 0 fully saturated rings. The Bertz CT molecular complexity index is 302. The van der Waals surface area contributed by atoms with E-state index in [1.807, 2.05) is 0 Å². The summed E-state index contributed by atoms with van der Waals surface area (Å²) in [6.07, 6.45) is -0.600. The van der Waals surface area contributed by atoms with Gasteiger partial charge in [0.05, 0.1) is 5.88 Å². The molecule has 14 heavy (non-hydrogen) atoms. The lowest BCUT2D eigenvalue weighted by atomic mass is 10.3. The molecule has 1 rings (SSSR count). The summed E-state index contributed by atoms with van der Waals surface area (Å²) in [4.78, 5) is 11.0. The second-order valence-corrected chi connectivity index (χ2v) is 2.83. The molecule has 0 radical (unpaired) electrons. The zero-order valence-electron chi connectivity index (χ0n) is 7.30. The monoisotopic (exact) mass is 217 g/mol. The molecule has 0 unspecified atom stereocenters. The van der Waals surface area contributed by atoms with E-state index < -0.39 is 6.09 Å². The van der Waals surface area contributed by atoms with Gasteiger partial charge in [-0.25, -0.2) is 9.18 Å². The molecule has 1 N–H and O–H groups in total. The van der Waals surface area contributed by atoms with Gasteiger partial charge in [0, 0.05) is 5.69 Å². The SMILES string of the molecule is O=C(Nc1ccc(F)cc1)OCCCl. The molecule has 5 heteroatoms. The molecule has 0 aromatic heterocycles. The number of ether oxygens (including phenoxy) is 1. The van der Waals surface area contributed by atoms with E-state index in [-0.39, 0.29) is 18.3 Å². The van der Waals surface area contributed by atoms with Crippen LogP contribution in [0.5, 0.6) is 0 Å². The molecular weight excluding hydrogens is 209 g/mol. The van der Waals surface area contributed by atoms with Crippen molar-refractivity contribution in [3.05, 3.63) is 30.1 Å². The summed E-state index contributed by atoms with van der Waals surface area (Å²) in [5.41, 5.74) is 0.478. The normalized spacial score (nSPS) is 9.57. The van der Waals surface area contributed by atoms with Gasteiger partial charge in [0.2, 0.25) is 0 Å². The maximum absolute atomic E-state index is 12.5. The largest absolute Gasteiger partial charge is 0.448 e. The minimum absolute atomic E-state index is 0.147. The Kier molecular flexibility index (Phi) is 4.19. The Labute approximate surface area is 85.8 Å². The van der Waals surface area contributed by atoms with Crippen LogP contribution in [0.1, 0.15) is 0 Å². The van der Waals surface area contributed by atoms with Crippen molar-refractivity contribution in [2.45, 2.75) is 0 Å². The van der Waals surface area contributed by atoms with Gasteiger partial charge in [-0.05, 0) is 24.3 Å². The van der Waals surface area contributed by atoms with Crippen LogP contribution in [0.25, 0.3) is 0 Å². The highest BCUT2D eigenvalue weighted by molar-refractivity contribution is 6.18. The molecule has 0 atom stereocenters. The quantitative estimate of drug-likeness (QED) is 0.791.